The van der Waals surface area contributed by atoms with Gasteiger partial charge in [-0.2, -0.15) is 0 Å². The molecule has 2 heteroatoms. The van der Waals surface area contributed by atoms with Crippen LogP contribution in [0.1, 0.15) is 44.5 Å². The smallest absolute Gasteiger partial charge is 0.0198 e. The van der Waals surface area contributed by atoms with Gasteiger partial charge in [0.05, 0.1) is 0 Å². The molecule has 2 rings (SSSR count). The predicted octanol–water partition coefficient (Wildman–Crippen LogP) is 6.03. The third-order valence-corrected chi connectivity index (χ3v) is 3.89. The third-order valence-electron chi connectivity index (χ3n) is 3.89. The molecular formula is C20H30N2. The molecule has 0 amide bonds. The van der Waals surface area contributed by atoms with E-state index in [4.69, 9.17) is 0 Å². The van der Waals surface area contributed by atoms with Crippen LogP contribution in [0.25, 0.3) is 12.2 Å². The van der Waals surface area contributed by atoms with Gasteiger partial charge in [0.2, 0.25) is 0 Å². The van der Waals surface area contributed by atoms with E-state index in [1.807, 2.05) is 0 Å². The van der Waals surface area contributed by atoms with Crippen LogP contribution in [0.5, 0.6) is 0 Å². The normalized spacial score (nSPS) is 10.3. The summed E-state index contributed by atoms with van der Waals surface area (Å²) in [7, 11) is 0. The highest BCUT2D eigenvalue weighted by Crippen LogP contribution is 2.22. The lowest BCUT2D eigenvalue weighted by molar-refractivity contribution is 1.29. The van der Waals surface area contributed by atoms with E-state index in [1.165, 1.54) is 44.5 Å². The van der Waals surface area contributed by atoms with E-state index >= 15 is 0 Å². The highest BCUT2D eigenvalue weighted by atomic mass is 14.1. The molecule has 0 fully saturated rings. The molecule has 6 N–H and O–H groups in total. The minimum atomic E-state index is 0. The van der Waals surface area contributed by atoms with Crippen LogP contribution in [-0.4, -0.2) is 0 Å². The molecule has 0 saturated carbocycles. The van der Waals surface area contributed by atoms with E-state index < -0.39 is 0 Å². The molecule has 22 heavy (non-hydrogen) atoms. The average Bonchev–Trinajstić information content (AvgIpc) is 2.30. The number of rotatable bonds is 2. The maximum atomic E-state index is 2.26. The van der Waals surface area contributed by atoms with Gasteiger partial charge in [-0.05, 0) is 74.9 Å². The van der Waals surface area contributed by atoms with Gasteiger partial charge < -0.3 is 12.3 Å². The molecule has 0 aromatic heterocycles. The van der Waals surface area contributed by atoms with Gasteiger partial charge in [-0.1, -0.05) is 47.5 Å². The molecule has 2 nitrogen and oxygen atoms in total. The van der Waals surface area contributed by atoms with Crippen molar-refractivity contribution in [3.8, 4) is 0 Å². The Kier molecular flexibility index (Phi) is 7.24. The molecule has 0 heterocycles. The molecule has 0 aliphatic carbocycles. The number of aryl methyl sites for hydroxylation is 6. The third kappa shape index (κ3) is 4.30. The minimum Gasteiger partial charge on any atom is -0.344 e. The van der Waals surface area contributed by atoms with Crippen molar-refractivity contribution in [2.24, 2.45) is 0 Å². The molecule has 2 aromatic carbocycles. The van der Waals surface area contributed by atoms with Crippen LogP contribution >= 0.6 is 0 Å². The summed E-state index contributed by atoms with van der Waals surface area (Å²) in [5, 5.41) is 0. The summed E-state index contributed by atoms with van der Waals surface area (Å²) < 4.78 is 0. The second-order valence-corrected chi connectivity index (χ2v) is 5.96. The average molecular weight is 298 g/mol. The monoisotopic (exact) mass is 298 g/mol. The first kappa shape index (κ1) is 20.1. The fourth-order valence-corrected chi connectivity index (χ4v) is 3.07. The summed E-state index contributed by atoms with van der Waals surface area (Å²) in [5.74, 6) is 0. The Hall–Kier alpha value is -1.90. The zero-order valence-electron chi connectivity index (χ0n) is 14.9. The number of hydrogen-bond donors (Lipinski definition) is 2. The first-order valence-corrected chi connectivity index (χ1v) is 7.22. The molecule has 2 aromatic rings. The van der Waals surface area contributed by atoms with Gasteiger partial charge in [0.25, 0.3) is 0 Å². The Morgan fingerprint density at radius 2 is 0.727 bits per heavy atom. The van der Waals surface area contributed by atoms with Crippen molar-refractivity contribution >= 4 is 12.2 Å². The summed E-state index contributed by atoms with van der Waals surface area (Å²) in [5.41, 5.74) is 10.7. The Labute approximate surface area is 135 Å². The molecule has 120 valence electrons. The van der Waals surface area contributed by atoms with Gasteiger partial charge in [0, 0.05) is 0 Å². The van der Waals surface area contributed by atoms with Crippen molar-refractivity contribution in [3.05, 3.63) is 68.8 Å². The van der Waals surface area contributed by atoms with Crippen molar-refractivity contribution in [1.29, 1.82) is 0 Å². The first-order valence-electron chi connectivity index (χ1n) is 7.22. The van der Waals surface area contributed by atoms with Gasteiger partial charge >= 0.3 is 0 Å². The van der Waals surface area contributed by atoms with Crippen LogP contribution in [0.15, 0.2) is 24.3 Å². The van der Waals surface area contributed by atoms with Crippen LogP contribution in [0.2, 0.25) is 0 Å². The predicted molar refractivity (Wildman–Crippen MR) is 100 cm³/mol. The van der Waals surface area contributed by atoms with Crippen LogP contribution in [-0.2, 0) is 0 Å². The maximum Gasteiger partial charge on any atom is -0.0198 e. The van der Waals surface area contributed by atoms with Gasteiger partial charge in [-0.25, -0.2) is 0 Å². The Balaban J connectivity index is 0.00000220. The number of hydrogen-bond acceptors (Lipinski definition) is 2. The molecule has 0 atom stereocenters. The van der Waals surface area contributed by atoms with E-state index in [-0.39, 0.29) is 12.3 Å². The summed E-state index contributed by atoms with van der Waals surface area (Å²) in [6.07, 6.45) is 4.52. The Morgan fingerprint density at radius 1 is 0.500 bits per heavy atom. The largest absolute Gasteiger partial charge is 0.344 e. The van der Waals surface area contributed by atoms with Gasteiger partial charge in [0.1, 0.15) is 0 Å². The van der Waals surface area contributed by atoms with Gasteiger partial charge in [-0.3, -0.25) is 0 Å². The van der Waals surface area contributed by atoms with E-state index in [0.29, 0.717) is 0 Å². The molecule has 0 saturated heterocycles. The Bertz CT molecular complexity index is 577. The zero-order valence-corrected chi connectivity index (χ0v) is 14.9. The molecule has 0 bridgehead atoms. The van der Waals surface area contributed by atoms with Crippen molar-refractivity contribution in [2.45, 2.75) is 41.5 Å². The molecule has 0 unspecified atom stereocenters. The first-order chi connectivity index (χ1) is 9.38. The highest BCUT2D eigenvalue weighted by molar-refractivity contribution is 5.75. The zero-order chi connectivity index (χ0) is 14.9. The Morgan fingerprint density at radius 3 is 0.955 bits per heavy atom. The lowest BCUT2D eigenvalue weighted by atomic mass is 9.96. The van der Waals surface area contributed by atoms with E-state index in [0.717, 1.165) is 0 Å². The van der Waals surface area contributed by atoms with E-state index in [1.54, 1.807) is 0 Å². The number of benzene rings is 2. The summed E-state index contributed by atoms with van der Waals surface area (Å²) >= 11 is 0. The SMILES string of the molecule is Cc1cc(C)c(/C=C/c2c(C)cc(C)cc2C)c(C)c1.N.N. The second-order valence-electron chi connectivity index (χ2n) is 5.96. The summed E-state index contributed by atoms with van der Waals surface area (Å²) in [6.45, 7) is 13.1. The standard InChI is InChI=1S/C20H24.2H3N/c1-13-9-15(3)19(16(4)10-13)7-8-20-17(5)11-14(2)12-18(20)6;;/h7-12H,1-6H3;2*1H3/b8-7+;;. The van der Waals surface area contributed by atoms with Gasteiger partial charge in [-0.15, -0.1) is 0 Å². The van der Waals surface area contributed by atoms with Crippen molar-refractivity contribution in [1.82, 2.24) is 12.3 Å². The quantitative estimate of drug-likeness (QED) is 0.664. The molecule has 0 radical (unpaired) electrons. The van der Waals surface area contributed by atoms with Crippen LogP contribution in [0.3, 0.4) is 0 Å². The van der Waals surface area contributed by atoms with Crippen molar-refractivity contribution in [3.63, 3.8) is 0 Å². The van der Waals surface area contributed by atoms with Gasteiger partial charge in [0.15, 0.2) is 0 Å². The lowest BCUT2D eigenvalue weighted by Gasteiger charge is -2.09. The van der Waals surface area contributed by atoms with Crippen LogP contribution in [0, 0.1) is 41.5 Å². The van der Waals surface area contributed by atoms with E-state index in [9.17, 15) is 0 Å². The highest BCUT2D eigenvalue weighted by Gasteiger charge is 2.03. The maximum absolute atomic E-state index is 2.26. The van der Waals surface area contributed by atoms with Crippen LogP contribution in [0.4, 0.5) is 0 Å². The summed E-state index contributed by atoms with van der Waals surface area (Å²) in [4.78, 5) is 0. The second kappa shape index (κ2) is 7.92. The fourth-order valence-electron chi connectivity index (χ4n) is 3.07. The summed E-state index contributed by atoms with van der Waals surface area (Å²) in [6, 6.07) is 9.01. The fraction of sp³-hybridized carbons (Fsp3) is 0.300. The molecule has 0 aliphatic rings. The molecule has 0 aliphatic heterocycles. The topological polar surface area (TPSA) is 70.0 Å². The van der Waals surface area contributed by atoms with E-state index in [2.05, 4.69) is 78.0 Å². The molecular weight excluding hydrogens is 268 g/mol. The van der Waals surface area contributed by atoms with Crippen molar-refractivity contribution < 1.29 is 0 Å². The molecule has 0 spiro atoms. The minimum absolute atomic E-state index is 0. The lowest BCUT2D eigenvalue weighted by Crippen LogP contribution is -1.90. The van der Waals surface area contributed by atoms with Crippen molar-refractivity contribution in [2.75, 3.05) is 0 Å². The van der Waals surface area contributed by atoms with Crippen LogP contribution < -0.4 is 12.3 Å².